The average molecular weight is 629 g/mol. The number of allylic oxidation sites excluding steroid dienone is 7. The summed E-state index contributed by atoms with van der Waals surface area (Å²) in [7, 11) is 0. The summed E-state index contributed by atoms with van der Waals surface area (Å²) in [6.45, 7) is 4.23. The highest BCUT2D eigenvalue weighted by Gasteiger charge is 2.33. The van der Waals surface area contributed by atoms with E-state index in [0.29, 0.717) is 0 Å². The number of thioether (sulfide) groups is 1. The van der Waals surface area contributed by atoms with Crippen LogP contribution in [0.4, 0.5) is 17.6 Å². The molecule has 5 heteroatoms. The van der Waals surface area contributed by atoms with Crippen LogP contribution in [0.5, 0.6) is 0 Å². The summed E-state index contributed by atoms with van der Waals surface area (Å²) < 4.78 is 57.1. The minimum atomic E-state index is -0.375. The molecule has 0 unspecified atom stereocenters. The maximum absolute atomic E-state index is 14.3. The highest BCUT2D eigenvalue weighted by molar-refractivity contribution is 8.08. The van der Waals surface area contributed by atoms with Gasteiger partial charge in [-0.15, -0.1) is 11.8 Å². The summed E-state index contributed by atoms with van der Waals surface area (Å²) in [6.07, 6.45) is 4.20. The largest absolute Gasteiger partial charge is 0.207 e. The summed E-state index contributed by atoms with van der Waals surface area (Å²) >= 11 is 1.77. The fraction of sp³-hybridized carbons (Fsp3) is 0.0732. The van der Waals surface area contributed by atoms with Crippen LogP contribution in [0.2, 0.25) is 0 Å². The van der Waals surface area contributed by atoms with Crippen LogP contribution in [0.3, 0.4) is 0 Å². The lowest BCUT2D eigenvalue weighted by molar-refractivity contribution is 0.627. The molecule has 0 bridgehead atoms. The Morgan fingerprint density at radius 2 is 0.891 bits per heavy atom. The summed E-state index contributed by atoms with van der Waals surface area (Å²) in [5.74, 6) is -0.614. The van der Waals surface area contributed by atoms with Crippen LogP contribution in [-0.4, -0.2) is 0 Å². The first-order valence-electron chi connectivity index (χ1n) is 15.0. The second-order valence-electron chi connectivity index (χ2n) is 11.5. The molecule has 0 saturated carbocycles. The normalized spacial score (nSPS) is 15.3. The van der Waals surface area contributed by atoms with Crippen LogP contribution < -0.4 is 0 Å². The van der Waals surface area contributed by atoms with E-state index in [9.17, 15) is 17.6 Å². The predicted molar refractivity (Wildman–Crippen MR) is 182 cm³/mol. The van der Waals surface area contributed by atoms with Gasteiger partial charge in [-0.05, 0) is 135 Å². The van der Waals surface area contributed by atoms with Gasteiger partial charge in [0.05, 0.1) is 0 Å². The second-order valence-corrected chi connectivity index (χ2v) is 12.6. The standard InChI is InChI=1S/C41H28F4S/c1-24-21-25(2)37-30(22-24)23-46-36(37)20-19-35-38(26-3-11-31(42)12-4-26)40(28-7-15-33(44)16-8-28)41(29-9-17-34(45)18-10-29)39(35)27-5-13-32(43)14-6-27/h3-22H,23H2,1-2H3/b36-20-. The minimum Gasteiger partial charge on any atom is -0.207 e. The molecule has 1 aliphatic carbocycles. The van der Waals surface area contributed by atoms with Gasteiger partial charge >= 0.3 is 0 Å². The number of fused-ring (bicyclic) bond motifs is 1. The minimum absolute atomic E-state index is 0.367. The smallest absolute Gasteiger partial charge is 0.123 e. The van der Waals surface area contributed by atoms with Gasteiger partial charge in [-0.1, -0.05) is 72.3 Å². The van der Waals surface area contributed by atoms with E-state index in [2.05, 4.69) is 38.1 Å². The number of benzene rings is 5. The van der Waals surface area contributed by atoms with Crippen molar-refractivity contribution in [3.05, 3.63) is 195 Å². The Labute approximate surface area is 270 Å². The molecule has 0 radical (unpaired) electrons. The van der Waals surface area contributed by atoms with Crippen LogP contribution in [-0.2, 0) is 5.75 Å². The molecule has 0 aromatic heterocycles. The monoisotopic (exact) mass is 628 g/mol. The maximum atomic E-state index is 14.3. The van der Waals surface area contributed by atoms with Crippen molar-refractivity contribution in [3.8, 4) is 0 Å². The summed E-state index contributed by atoms with van der Waals surface area (Å²) in [5.41, 5.74) is 12.0. The zero-order valence-corrected chi connectivity index (χ0v) is 26.0. The van der Waals surface area contributed by atoms with E-state index in [1.54, 1.807) is 60.3 Å². The van der Waals surface area contributed by atoms with Gasteiger partial charge in [-0.25, -0.2) is 17.6 Å². The van der Waals surface area contributed by atoms with E-state index in [0.717, 1.165) is 60.8 Å². The molecule has 0 nitrogen and oxygen atoms in total. The number of hydrogen-bond donors (Lipinski definition) is 0. The molecule has 2 aliphatic rings. The molecule has 226 valence electrons. The lowest BCUT2D eigenvalue weighted by atomic mass is 9.89. The van der Waals surface area contributed by atoms with Crippen LogP contribution >= 0.6 is 11.8 Å². The zero-order chi connectivity index (χ0) is 31.9. The van der Waals surface area contributed by atoms with Crippen molar-refractivity contribution in [3.63, 3.8) is 0 Å². The molecule has 5 aromatic carbocycles. The van der Waals surface area contributed by atoms with Gasteiger partial charge in [0.15, 0.2) is 0 Å². The van der Waals surface area contributed by atoms with Crippen LogP contribution in [0.1, 0.15) is 44.5 Å². The van der Waals surface area contributed by atoms with Crippen molar-refractivity contribution in [2.45, 2.75) is 19.6 Å². The Hall–Kier alpha value is -4.87. The van der Waals surface area contributed by atoms with Crippen LogP contribution in [0, 0.1) is 37.1 Å². The fourth-order valence-corrected chi connectivity index (χ4v) is 7.63. The quantitative estimate of drug-likeness (QED) is 0.175. The van der Waals surface area contributed by atoms with Crippen molar-refractivity contribution >= 4 is 39.0 Å². The molecule has 0 amide bonds. The third kappa shape index (κ3) is 5.56. The predicted octanol–water partition coefficient (Wildman–Crippen LogP) is 11.6. The van der Waals surface area contributed by atoms with Gasteiger partial charge in [0, 0.05) is 10.7 Å². The summed E-state index contributed by atoms with van der Waals surface area (Å²) in [4.78, 5) is 1.13. The van der Waals surface area contributed by atoms with Crippen molar-refractivity contribution in [2.75, 3.05) is 0 Å². The highest BCUT2D eigenvalue weighted by Crippen LogP contribution is 2.55. The Morgan fingerprint density at radius 3 is 1.30 bits per heavy atom. The molecule has 0 N–H and O–H groups in total. The van der Waals surface area contributed by atoms with Crippen molar-refractivity contribution < 1.29 is 17.6 Å². The first-order valence-corrected chi connectivity index (χ1v) is 15.9. The van der Waals surface area contributed by atoms with E-state index < -0.39 is 0 Å². The summed E-state index contributed by atoms with van der Waals surface area (Å²) in [6, 6.07) is 29.5. The number of hydrogen-bond acceptors (Lipinski definition) is 1. The number of rotatable bonds is 5. The van der Waals surface area contributed by atoms with E-state index >= 15 is 0 Å². The van der Waals surface area contributed by atoms with Gasteiger partial charge in [0.25, 0.3) is 0 Å². The molecule has 1 aliphatic heterocycles. The fourth-order valence-electron chi connectivity index (χ4n) is 6.49. The molecule has 46 heavy (non-hydrogen) atoms. The van der Waals surface area contributed by atoms with E-state index in [-0.39, 0.29) is 23.3 Å². The Kier molecular flexibility index (Phi) is 7.87. The van der Waals surface area contributed by atoms with Crippen molar-refractivity contribution in [1.29, 1.82) is 0 Å². The second kappa shape index (κ2) is 12.1. The van der Waals surface area contributed by atoms with Gasteiger partial charge in [0.2, 0.25) is 0 Å². The first-order chi connectivity index (χ1) is 22.3. The third-order valence-electron chi connectivity index (χ3n) is 8.41. The van der Waals surface area contributed by atoms with E-state index in [4.69, 9.17) is 0 Å². The maximum Gasteiger partial charge on any atom is 0.123 e. The van der Waals surface area contributed by atoms with Gasteiger partial charge in [-0.3, -0.25) is 0 Å². The molecule has 7 rings (SSSR count). The Morgan fingerprint density at radius 1 is 0.500 bits per heavy atom. The molecule has 0 saturated heterocycles. The number of halogens is 4. The topological polar surface area (TPSA) is 0 Å². The van der Waals surface area contributed by atoms with Crippen molar-refractivity contribution in [1.82, 2.24) is 0 Å². The SMILES string of the molecule is Cc1cc(C)c2c(c1)CS/C2=C\C=C1C(c2ccc(F)cc2)=C(c2ccc(F)cc2)C(c2ccc(F)cc2)=C1c1ccc(F)cc1. The van der Waals surface area contributed by atoms with Crippen LogP contribution in [0.15, 0.2) is 127 Å². The Balaban J connectivity index is 1.58. The molecular formula is C41H28F4S. The molecule has 0 fully saturated rings. The van der Waals surface area contributed by atoms with E-state index in [1.165, 1.54) is 70.8 Å². The summed E-state index contributed by atoms with van der Waals surface area (Å²) in [5, 5.41) is 0. The zero-order valence-electron chi connectivity index (χ0n) is 25.2. The highest BCUT2D eigenvalue weighted by atomic mass is 32.2. The average Bonchev–Trinajstić information content (AvgIpc) is 3.61. The molecule has 0 spiro atoms. The van der Waals surface area contributed by atoms with E-state index in [1.807, 2.05) is 0 Å². The molecule has 1 heterocycles. The van der Waals surface area contributed by atoms with Crippen molar-refractivity contribution in [2.24, 2.45) is 0 Å². The molecule has 0 atom stereocenters. The van der Waals surface area contributed by atoms with Crippen LogP contribution in [0.25, 0.3) is 27.2 Å². The number of aryl methyl sites for hydroxylation is 2. The first kappa shape index (κ1) is 29.8. The van der Waals surface area contributed by atoms with Gasteiger partial charge in [0.1, 0.15) is 23.3 Å². The molecular weight excluding hydrogens is 601 g/mol. The third-order valence-corrected chi connectivity index (χ3v) is 9.52. The lowest BCUT2D eigenvalue weighted by Crippen LogP contribution is -1.93. The van der Waals surface area contributed by atoms with Gasteiger partial charge in [-0.2, -0.15) is 0 Å². The molecule has 5 aromatic rings. The lowest BCUT2D eigenvalue weighted by Gasteiger charge is -2.14. The van der Waals surface area contributed by atoms with Gasteiger partial charge < -0.3 is 0 Å². The Bertz CT molecular complexity index is 1980.